The van der Waals surface area contributed by atoms with E-state index in [2.05, 4.69) is 9.73 Å². The Morgan fingerprint density at radius 1 is 0.882 bits per heavy atom. The Kier molecular flexibility index (Phi) is 6.55. The van der Waals surface area contributed by atoms with Crippen molar-refractivity contribution in [1.29, 1.82) is 0 Å². The molecule has 1 aliphatic heterocycles. The minimum atomic E-state index is -4.74. The van der Waals surface area contributed by atoms with Crippen molar-refractivity contribution in [2.24, 2.45) is 10.9 Å². The Labute approximate surface area is 194 Å². The van der Waals surface area contributed by atoms with Crippen molar-refractivity contribution in [3.63, 3.8) is 0 Å². The Balaban J connectivity index is 1.60. The fraction of sp³-hybridized carbons (Fsp3) is 0.222. The van der Waals surface area contributed by atoms with E-state index in [9.17, 15) is 22.0 Å². The molecule has 2 nitrogen and oxygen atoms in total. The summed E-state index contributed by atoms with van der Waals surface area (Å²) in [6.07, 6.45) is -2.24. The van der Waals surface area contributed by atoms with Gasteiger partial charge in [0, 0.05) is 6.42 Å². The summed E-state index contributed by atoms with van der Waals surface area (Å²) in [5.41, 5.74) is 3.43. The van der Waals surface area contributed by atoms with Crippen molar-refractivity contribution in [3.05, 3.63) is 101 Å². The van der Waals surface area contributed by atoms with Crippen LogP contribution in [-0.2, 0) is 0 Å². The molecule has 0 bridgehead atoms. The number of benzene rings is 3. The fourth-order valence-electron chi connectivity index (χ4n) is 4.03. The van der Waals surface area contributed by atoms with Crippen LogP contribution in [0.15, 0.2) is 83.4 Å². The van der Waals surface area contributed by atoms with Crippen molar-refractivity contribution in [2.45, 2.75) is 32.7 Å². The summed E-state index contributed by atoms with van der Waals surface area (Å²) in [6.45, 7) is 3.99. The van der Waals surface area contributed by atoms with Gasteiger partial charge in [-0.1, -0.05) is 62.4 Å². The van der Waals surface area contributed by atoms with Crippen LogP contribution in [0.3, 0.4) is 0 Å². The third-order valence-electron chi connectivity index (χ3n) is 5.45. The van der Waals surface area contributed by atoms with E-state index >= 15 is 0 Å². The Morgan fingerprint density at radius 3 is 1.97 bits per heavy atom. The van der Waals surface area contributed by atoms with Gasteiger partial charge in [0.05, 0.1) is 17.3 Å². The van der Waals surface area contributed by atoms with Crippen molar-refractivity contribution in [3.8, 4) is 16.9 Å². The van der Waals surface area contributed by atoms with E-state index in [1.807, 2.05) is 44.2 Å². The molecule has 0 amide bonds. The van der Waals surface area contributed by atoms with Crippen LogP contribution >= 0.6 is 0 Å². The number of ether oxygens (including phenoxy) is 1. The number of nitrogens with zero attached hydrogens (tertiary/aromatic N) is 1. The highest BCUT2D eigenvalue weighted by Crippen LogP contribution is 2.37. The van der Waals surface area contributed by atoms with Crippen LogP contribution in [0.4, 0.5) is 22.0 Å². The van der Waals surface area contributed by atoms with Gasteiger partial charge in [0.15, 0.2) is 0 Å². The summed E-state index contributed by atoms with van der Waals surface area (Å²) in [5.74, 6) is -1.41. The molecule has 3 aromatic rings. The number of alkyl halides is 3. The van der Waals surface area contributed by atoms with Crippen molar-refractivity contribution < 1.29 is 26.7 Å². The maximum absolute atomic E-state index is 14.5. The van der Waals surface area contributed by atoms with E-state index in [4.69, 9.17) is 0 Å². The first-order valence-electron chi connectivity index (χ1n) is 10.8. The van der Waals surface area contributed by atoms with Gasteiger partial charge >= 0.3 is 6.36 Å². The molecule has 1 heterocycles. The number of hydrogen-bond donors (Lipinski definition) is 0. The van der Waals surface area contributed by atoms with Gasteiger partial charge in [0.2, 0.25) is 0 Å². The molecular weight excluding hydrogens is 449 g/mol. The van der Waals surface area contributed by atoms with Gasteiger partial charge in [-0.15, -0.1) is 13.2 Å². The summed E-state index contributed by atoms with van der Waals surface area (Å²) >= 11 is 0. The molecule has 4 rings (SSSR count). The summed E-state index contributed by atoms with van der Waals surface area (Å²) in [4.78, 5) is 4.68. The van der Waals surface area contributed by atoms with Gasteiger partial charge in [-0.25, -0.2) is 8.78 Å². The highest BCUT2D eigenvalue weighted by molar-refractivity contribution is 6.14. The van der Waals surface area contributed by atoms with Crippen molar-refractivity contribution in [1.82, 2.24) is 0 Å². The standard InChI is InChI=1S/C27H22F5NO/c1-16(2)14-20-15-24(33-26(20)25-22(28)4-3-5-23(25)29)19-8-6-17(7-9-19)18-10-12-21(13-11-18)34-27(30,31)32/h3-14,16,24H,15H2,1-2H3/b20-14+. The highest BCUT2D eigenvalue weighted by atomic mass is 19.4. The minimum Gasteiger partial charge on any atom is -0.406 e. The second-order valence-corrected chi connectivity index (χ2v) is 8.42. The van der Waals surface area contributed by atoms with Crippen LogP contribution in [0.25, 0.3) is 11.1 Å². The van der Waals surface area contributed by atoms with Gasteiger partial charge in [-0.05, 0) is 52.4 Å². The number of hydrogen-bond acceptors (Lipinski definition) is 2. The monoisotopic (exact) mass is 471 g/mol. The molecule has 3 aromatic carbocycles. The zero-order valence-electron chi connectivity index (χ0n) is 18.5. The molecule has 0 aromatic heterocycles. The van der Waals surface area contributed by atoms with Gasteiger partial charge in [0.25, 0.3) is 0 Å². The largest absolute Gasteiger partial charge is 0.573 e. The average molecular weight is 471 g/mol. The maximum Gasteiger partial charge on any atom is 0.573 e. The molecule has 1 atom stereocenters. The Hall–Kier alpha value is -3.48. The van der Waals surface area contributed by atoms with Crippen LogP contribution in [0, 0.1) is 17.6 Å². The molecule has 7 heteroatoms. The first kappa shape index (κ1) is 23.7. The van der Waals surface area contributed by atoms with Crippen molar-refractivity contribution >= 4 is 5.71 Å². The van der Waals surface area contributed by atoms with E-state index in [-0.39, 0.29) is 23.3 Å². The van der Waals surface area contributed by atoms with Crippen LogP contribution in [0.5, 0.6) is 5.75 Å². The predicted octanol–water partition coefficient (Wildman–Crippen LogP) is 8.05. The number of halogens is 5. The minimum absolute atomic E-state index is 0.116. The van der Waals surface area contributed by atoms with Gasteiger partial charge < -0.3 is 4.74 Å². The molecule has 0 saturated heterocycles. The lowest BCUT2D eigenvalue weighted by molar-refractivity contribution is -0.274. The summed E-state index contributed by atoms with van der Waals surface area (Å²) < 4.78 is 69.9. The maximum atomic E-state index is 14.5. The number of aliphatic imine (C=N–C) groups is 1. The van der Waals surface area contributed by atoms with Gasteiger partial charge in [0.1, 0.15) is 17.4 Å². The quantitative estimate of drug-likeness (QED) is 0.345. The zero-order valence-corrected chi connectivity index (χ0v) is 18.5. The molecule has 0 spiro atoms. The third-order valence-corrected chi connectivity index (χ3v) is 5.45. The first-order valence-corrected chi connectivity index (χ1v) is 10.8. The lowest BCUT2D eigenvalue weighted by atomic mass is 9.94. The van der Waals surface area contributed by atoms with E-state index < -0.39 is 18.0 Å². The second-order valence-electron chi connectivity index (χ2n) is 8.42. The molecular formula is C27H22F5NO. The van der Waals surface area contributed by atoms with Gasteiger partial charge in [-0.2, -0.15) is 0 Å². The molecule has 0 aliphatic carbocycles. The normalized spacial score (nSPS) is 17.4. The topological polar surface area (TPSA) is 21.6 Å². The van der Waals surface area contributed by atoms with Crippen LogP contribution in [-0.4, -0.2) is 12.1 Å². The van der Waals surface area contributed by atoms with Crippen LogP contribution in [0.1, 0.15) is 37.4 Å². The summed E-state index contributed by atoms with van der Waals surface area (Å²) in [5, 5.41) is 0. The van der Waals surface area contributed by atoms with E-state index in [1.54, 1.807) is 12.1 Å². The first-order chi connectivity index (χ1) is 16.1. The predicted molar refractivity (Wildman–Crippen MR) is 122 cm³/mol. The molecule has 0 fully saturated rings. The highest BCUT2D eigenvalue weighted by Gasteiger charge is 2.31. The summed E-state index contributed by atoms with van der Waals surface area (Å²) in [7, 11) is 0. The molecule has 176 valence electrons. The fourth-order valence-corrected chi connectivity index (χ4v) is 4.03. The second kappa shape index (κ2) is 9.41. The average Bonchev–Trinajstić information content (AvgIpc) is 3.16. The smallest absolute Gasteiger partial charge is 0.406 e. The summed E-state index contributed by atoms with van der Waals surface area (Å²) in [6, 6.07) is 16.5. The van der Waals surface area contributed by atoms with Crippen molar-refractivity contribution in [2.75, 3.05) is 0 Å². The van der Waals surface area contributed by atoms with E-state index in [1.165, 1.54) is 30.3 Å². The zero-order chi connectivity index (χ0) is 24.5. The van der Waals surface area contributed by atoms with E-state index in [0.717, 1.165) is 22.3 Å². The number of rotatable bonds is 5. The molecule has 0 N–H and O–H groups in total. The molecule has 34 heavy (non-hydrogen) atoms. The molecule has 0 saturated carbocycles. The SMILES string of the molecule is CC(C)/C=C1\CC(c2ccc(-c3ccc(OC(F)(F)F)cc3)cc2)N=C1c1c(F)cccc1F. The van der Waals surface area contributed by atoms with Crippen LogP contribution < -0.4 is 4.74 Å². The third kappa shape index (κ3) is 5.35. The number of allylic oxidation sites excluding steroid dienone is 1. The Bertz CT molecular complexity index is 1210. The van der Waals surface area contributed by atoms with Crippen LogP contribution in [0.2, 0.25) is 0 Å². The van der Waals surface area contributed by atoms with E-state index in [0.29, 0.717) is 12.1 Å². The molecule has 1 unspecified atom stereocenters. The lowest BCUT2D eigenvalue weighted by Crippen LogP contribution is -2.16. The van der Waals surface area contributed by atoms with Gasteiger partial charge in [-0.3, -0.25) is 4.99 Å². The molecule has 0 radical (unpaired) electrons. The Morgan fingerprint density at radius 2 is 1.44 bits per heavy atom. The lowest BCUT2D eigenvalue weighted by Gasteiger charge is -2.11. The molecule has 1 aliphatic rings.